The van der Waals surface area contributed by atoms with Crippen molar-refractivity contribution in [1.82, 2.24) is 5.32 Å². The van der Waals surface area contributed by atoms with E-state index in [1.165, 1.54) is 6.07 Å². The second-order valence-corrected chi connectivity index (χ2v) is 5.62. The molecule has 0 bridgehead atoms. The van der Waals surface area contributed by atoms with E-state index in [9.17, 15) is 18.3 Å². The Morgan fingerprint density at radius 2 is 1.85 bits per heavy atom. The zero-order valence-corrected chi connectivity index (χ0v) is 11.7. The van der Waals surface area contributed by atoms with E-state index in [1.54, 1.807) is 6.92 Å². The van der Waals surface area contributed by atoms with E-state index in [2.05, 4.69) is 5.32 Å². The minimum Gasteiger partial charge on any atom is -0.385 e. The highest BCUT2D eigenvalue weighted by atomic mass is 19.4. The van der Waals surface area contributed by atoms with Gasteiger partial charge in [0.05, 0.1) is 11.2 Å². The highest BCUT2D eigenvalue weighted by molar-refractivity contribution is 5.36. The van der Waals surface area contributed by atoms with Gasteiger partial charge in [-0.3, -0.25) is 0 Å². The summed E-state index contributed by atoms with van der Waals surface area (Å²) in [4.78, 5) is 0. The van der Waals surface area contributed by atoms with Gasteiger partial charge in [-0.25, -0.2) is 0 Å². The van der Waals surface area contributed by atoms with E-state index in [0.29, 0.717) is 30.0 Å². The standard InChI is InChI=1S/C15H20F3NO/c1-10-9-11(15(16,17)18)3-4-13(10)14(20)7-5-12(19-2)6-8-14/h3-4,9,12,19-20H,5-8H2,1-2H3. The summed E-state index contributed by atoms with van der Waals surface area (Å²) in [7, 11) is 1.89. The van der Waals surface area contributed by atoms with Gasteiger partial charge in [0.15, 0.2) is 0 Å². The molecular weight excluding hydrogens is 267 g/mol. The molecule has 1 aliphatic carbocycles. The maximum absolute atomic E-state index is 12.7. The Bertz CT molecular complexity index is 476. The normalized spacial score (nSPS) is 27.6. The van der Waals surface area contributed by atoms with Crippen molar-refractivity contribution in [2.45, 2.75) is 50.4 Å². The van der Waals surface area contributed by atoms with Gasteiger partial charge in [0.25, 0.3) is 0 Å². The Kier molecular flexibility index (Phi) is 4.12. The molecule has 1 fully saturated rings. The first kappa shape index (κ1) is 15.3. The van der Waals surface area contributed by atoms with Gasteiger partial charge in [-0.15, -0.1) is 0 Å². The van der Waals surface area contributed by atoms with E-state index in [0.717, 1.165) is 25.0 Å². The minimum absolute atomic E-state index is 0.380. The number of hydrogen-bond acceptors (Lipinski definition) is 2. The van der Waals surface area contributed by atoms with Gasteiger partial charge in [0.2, 0.25) is 0 Å². The van der Waals surface area contributed by atoms with Crippen molar-refractivity contribution in [2.24, 2.45) is 0 Å². The van der Waals surface area contributed by atoms with Crippen LogP contribution in [0.15, 0.2) is 18.2 Å². The molecule has 1 aromatic rings. The highest BCUT2D eigenvalue weighted by Crippen LogP contribution is 2.40. The fourth-order valence-corrected chi connectivity index (χ4v) is 3.02. The number of aliphatic hydroxyl groups is 1. The molecule has 0 amide bonds. The van der Waals surface area contributed by atoms with Crippen LogP contribution in [0, 0.1) is 6.92 Å². The van der Waals surface area contributed by atoms with Crippen molar-refractivity contribution < 1.29 is 18.3 Å². The van der Waals surface area contributed by atoms with Crippen LogP contribution in [-0.2, 0) is 11.8 Å². The smallest absolute Gasteiger partial charge is 0.385 e. The molecule has 0 atom stereocenters. The van der Waals surface area contributed by atoms with Crippen molar-refractivity contribution in [2.75, 3.05) is 7.05 Å². The van der Waals surface area contributed by atoms with Crippen LogP contribution in [0.4, 0.5) is 13.2 Å². The van der Waals surface area contributed by atoms with Gasteiger partial charge in [0, 0.05) is 6.04 Å². The van der Waals surface area contributed by atoms with E-state index in [-0.39, 0.29) is 0 Å². The average molecular weight is 287 g/mol. The molecule has 0 saturated heterocycles. The molecule has 5 heteroatoms. The molecule has 112 valence electrons. The number of halogens is 3. The summed E-state index contributed by atoms with van der Waals surface area (Å²) in [5.41, 5.74) is -0.529. The average Bonchev–Trinajstić information content (AvgIpc) is 2.38. The quantitative estimate of drug-likeness (QED) is 0.874. The molecule has 2 rings (SSSR count). The highest BCUT2D eigenvalue weighted by Gasteiger charge is 2.37. The molecule has 0 spiro atoms. The van der Waals surface area contributed by atoms with Gasteiger partial charge in [-0.2, -0.15) is 13.2 Å². The molecule has 0 aliphatic heterocycles. The zero-order chi connectivity index (χ0) is 15.0. The third-order valence-electron chi connectivity index (χ3n) is 4.28. The van der Waals surface area contributed by atoms with Gasteiger partial charge >= 0.3 is 6.18 Å². The number of nitrogens with one attached hydrogen (secondary N) is 1. The van der Waals surface area contributed by atoms with Gasteiger partial charge in [-0.1, -0.05) is 6.07 Å². The number of hydrogen-bond donors (Lipinski definition) is 2. The van der Waals surface area contributed by atoms with Gasteiger partial charge < -0.3 is 10.4 Å². The van der Waals surface area contributed by atoms with Crippen molar-refractivity contribution >= 4 is 0 Å². The molecule has 2 nitrogen and oxygen atoms in total. The minimum atomic E-state index is -4.34. The molecule has 0 heterocycles. The van der Waals surface area contributed by atoms with Crippen LogP contribution >= 0.6 is 0 Å². The van der Waals surface area contributed by atoms with E-state index >= 15 is 0 Å². The lowest BCUT2D eigenvalue weighted by Crippen LogP contribution is -2.38. The lowest BCUT2D eigenvalue weighted by atomic mass is 9.76. The lowest BCUT2D eigenvalue weighted by molar-refractivity contribution is -0.137. The van der Waals surface area contributed by atoms with E-state index in [4.69, 9.17) is 0 Å². The van der Waals surface area contributed by atoms with Crippen LogP contribution in [-0.4, -0.2) is 18.2 Å². The molecular formula is C15H20F3NO. The fourth-order valence-electron chi connectivity index (χ4n) is 3.02. The maximum atomic E-state index is 12.7. The Balaban J connectivity index is 2.25. The third-order valence-corrected chi connectivity index (χ3v) is 4.28. The van der Waals surface area contributed by atoms with Crippen molar-refractivity contribution in [3.05, 3.63) is 34.9 Å². The number of rotatable bonds is 2. The lowest BCUT2D eigenvalue weighted by Gasteiger charge is -2.37. The zero-order valence-electron chi connectivity index (χ0n) is 11.7. The molecule has 20 heavy (non-hydrogen) atoms. The van der Waals surface area contributed by atoms with Crippen LogP contribution in [0.1, 0.15) is 42.4 Å². The van der Waals surface area contributed by atoms with Crippen LogP contribution in [0.5, 0.6) is 0 Å². The predicted octanol–water partition coefficient (Wildman–Crippen LogP) is 3.36. The SMILES string of the molecule is CNC1CCC(O)(c2ccc(C(F)(F)F)cc2C)CC1. The maximum Gasteiger partial charge on any atom is 0.416 e. The van der Waals surface area contributed by atoms with Crippen LogP contribution in [0.3, 0.4) is 0 Å². The predicted molar refractivity (Wildman–Crippen MR) is 71.4 cm³/mol. The topological polar surface area (TPSA) is 32.3 Å². The molecule has 0 aromatic heterocycles. The van der Waals surface area contributed by atoms with Crippen LogP contribution in [0.2, 0.25) is 0 Å². The molecule has 0 radical (unpaired) electrons. The number of aryl methyl sites for hydroxylation is 1. The first-order valence-electron chi connectivity index (χ1n) is 6.84. The van der Waals surface area contributed by atoms with Crippen molar-refractivity contribution in [3.8, 4) is 0 Å². The summed E-state index contributed by atoms with van der Waals surface area (Å²) in [6, 6.07) is 3.99. The summed E-state index contributed by atoms with van der Waals surface area (Å²) in [5, 5.41) is 13.9. The Hall–Kier alpha value is -1.07. The monoisotopic (exact) mass is 287 g/mol. The second kappa shape index (κ2) is 5.37. The first-order chi connectivity index (χ1) is 9.26. The first-order valence-corrected chi connectivity index (χ1v) is 6.84. The van der Waals surface area contributed by atoms with E-state index < -0.39 is 17.3 Å². The van der Waals surface area contributed by atoms with Crippen molar-refractivity contribution in [3.63, 3.8) is 0 Å². The molecule has 1 aliphatic rings. The summed E-state index contributed by atoms with van der Waals surface area (Å²) < 4.78 is 38.0. The van der Waals surface area contributed by atoms with Gasteiger partial charge in [0.1, 0.15) is 0 Å². The van der Waals surface area contributed by atoms with Crippen molar-refractivity contribution in [1.29, 1.82) is 0 Å². The summed E-state index contributed by atoms with van der Waals surface area (Å²) >= 11 is 0. The Labute approximate surface area is 117 Å². The Morgan fingerprint density at radius 1 is 1.25 bits per heavy atom. The van der Waals surface area contributed by atoms with Gasteiger partial charge in [-0.05, 0) is 62.9 Å². The van der Waals surface area contributed by atoms with Crippen LogP contribution in [0.25, 0.3) is 0 Å². The Morgan fingerprint density at radius 3 is 2.30 bits per heavy atom. The number of alkyl halides is 3. The molecule has 1 aromatic carbocycles. The van der Waals surface area contributed by atoms with Crippen LogP contribution < -0.4 is 5.32 Å². The molecule has 2 N–H and O–H groups in total. The van der Waals surface area contributed by atoms with E-state index in [1.807, 2.05) is 7.05 Å². The summed E-state index contributed by atoms with van der Waals surface area (Å²) in [6.45, 7) is 1.63. The second-order valence-electron chi connectivity index (χ2n) is 5.62. The third kappa shape index (κ3) is 2.99. The number of benzene rings is 1. The molecule has 1 saturated carbocycles. The largest absolute Gasteiger partial charge is 0.416 e. The summed E-state index contributed by atoms with van der Waals surface area (Å²) in [6.07, 6.45) is -1.54. The molecule has 0 unspecified atom stereocenters. The summed E-state index contributed by atoms with van der Waals surface area (Å²) in [5.74, 6) is 0. The fraction of sp³-hybridized carbons (Fsp3) is 0.600.